The van der Waals surface area contributed by atoms with Crippen molar-refractivity contribution in [3.63, 3.8) is 0 Å². The standard InChI is InChI=1S/C18H27N5O5S/c1-12-16(13(2)28-20-12)29(25,26)21-8-4-5-14(11-21)17-19-22(9-10-27-3)18(24)23(17)15-6-7-15/h14-15H,4-11H2,1-3H3. The Morgan fingerprint density at radius 1 is 1.24 bits per heavy atom. The number of piperidine rings is 1. The molecule has 1 aliphatic heterocycles. The third kappa shape index (κ3) is 3.66. The average molecular weight is 426 g/mol. The lowest BCUT2D eigenvalue weighted by Gasteiger charge is -2.31. The highest BCUT2D eigenvalue weighted by atomic mass is 32.2. The Bertz CT molecular complexity index is 1030. The van der Waals surface area contributed by atoms with E-state index >= 15 is 0 Å². The fourth-order valence-electron chi connectivity index (χ4n) is 4.06. The van der Waals surface area contributed by atoms with Gasteiger partial charge in [0.15, 0.2) is 5.76 Å². The van der Waals surface area contributed by atoms with E-state index in [1.54, 1.807) is 25.5 Å². The van der Waals surface area contributed by atoms with Gasteiger partial charge in [0.05, 0.1) is 13.2 Å². The molecule has 0 bridgehead atoms. The highest BCUT2D eigenvalue weighted by Gasteiger charge is 2.38. The summed E-state index contributed by atoms with van der Waals surface area (Å²) in [6.45, 7) is 4.75. The van der Waals surface area contributed by atoms with Crippen molar-refractivity contribution in [1.29, 1.82) is 0 Å². The van der Waals surface area contributed by atoms with E-state index in [0.29, 0.717) is 49.9 Å². The molecule has 1 unspecified atom stereocenters. The molecule has 4 rings (SSSR count). The molecule has 0 spiro atoms. The Hall–Kier alpha value is -1.98. The Labute approximate surface area is 169 Å². The van der Waals surface area contributed by atoms with E-state index in [2.05, 4.69) is 10.3 Å². The predicted molar refractivity (Wildman–Crippen MR) is 103 cm³/mol. The maximum Gasteiger partial charge on any atom is 0.346 e. The lowest BCUT2D eigenvalue weighted by molar-refractivity contribution is 0.182. The summed E-state index contributed by atoms with van der Waals surface area (Å²) in [6, 6.07) is 0.170. The van der Waals surface area contributed by atoms with E-state index in [1.807, 2.05) is 0 Å². The average Bonchev–Trinajstić information content (AvgIpc) is 3.40. The minimum atomic E-state index is -3.72. The van der Waals surface area contributed by atoms with E-state index in [-0.39, 0.29) is 22.5 Å². The number of sulfonamides is 1. The first-order chi connectivity index (χ1) is 13.8. The number of ether oxygens (including phenoxy) is 1. The second-order valence-corrected chi connectivity index (χ2v) is 9.69. The first kappa shape index (κ1) is 20.3. The van der Waals surface area contributed by atoms with Crippen LogP contribution in [0.15, 0.2) is 14.2 Å². The van der Waals surface area contributed by atoms with Crippen molar-refractivity contribution in [1.82, 2.24) is 23.8 Å². The molecule has 2 aromatic heterocycles. The van der Waals surface area contributed by atoms with Crippen LogP contribution in [0.3, 0.4) is 0 Å². The van der Waals surface area contributed by atoms with Crippen LogP contribution in [-0.2, 0) is 21.3 Å². The van der Waals surface area contributed by atoms with Crippen LogP contribution >= 0.6 is 0 Å². The van der Waals surface area contributed by atoms with Crippen LogP contribution in [0.4, 0.5) is 0 Å². The highest BCUT2D eigenvalue weighted by molar-refractivity contribution is 7.89. The quantitative estimate of drug-likeness (QED) is 0.655. The number of rotatable bonds is 7. The zero-order valence-electron chi connectivity index (χ0n) is 17.0. The minimum Gasteiger partial charge on any atom is -0.383 e. The Morgan fingerprint density at radius 3 is 2.62 bits per heavy atom. The maximum atomic E-state index is 13.2. The molecule has 1 atom stereocenters. The molecule has 1 saturated heterocycles. The van der Waals surface area contributed by atoms with Gasteiger partial charge < -0.3 is 9.26 Å². The van der Waals surface area contributed by atoms with Crippen LogP contribution in [0.5, 0.6) is 0 Å². The number of hydrogen-bond donors (Lipinski definition) is 0. The Kier molecular flexibility index (Phi) is 5.38. The highest BCUT2D eigenvalue weighted by Crippen LogP contribution is 2.38. The zero-order valence-corrected chi connectivity index (χ0v) is 17.8. The predicted octanol–water partition coefficient (Wildman–Crippen LogP) is 1.20. The topological polar surface area (TPSA) is 112 Å². The molecule has 2 aromatic rings. The van der Waals surface area contributed by atoms with Gasteiger partial charge in [0.1, 0.15) is 16.4 Å². The van der Waals surface area contributed by atoms with Gasteiger partial charge in [-0.15, -0.1) is 0 Å². The number of aromatic nitrogens is 4. The number of hydrogen-bond acceptors (Lipinski definition) is 7. The van der Waals surface area contributed by atoms with Gasteiger partial charge in [-0.25, -0.2) is 17.9 Å². The molecule has 3 heterocycles. The molecule has 0 amide bonds. The molecular weight excluding hydrogens is 398 g/mol. The second-order valence-electron chi connectivity index (χ2n) is 7.81. The SMILES string of the molecule is COCCn1nc(C2CCCN(S(=O)(=O)c3c(C)noc3C)C2)n(C2CC2)c1=O. The van der Waals surface area contributed by atoms with Gasteiger partial charge in [0, 0.05) is 32.2 Å². The summed E-state index contributed by atoms with van der Waals surface area (Å²) >= 11 is 0. The van der Waals surface area contributed by atoms with E-state index in [9.17, 15) is 13.2 Å². The molecule has 0 N–H and O–H groups in total. The van der Waals surface area contributed by atoms with Crippen molar-refractivity contribution in [2.24, 2.45) is 0 Å². The smallest absolute Gasteiger partial charge is 0.346 e. The number of methoxy groups -OCH3 is 1. The fraction of sp³-hybridized carbons (Fsp3) is 0.722. The minimum absolute atomic E-state index is 0.129. The van der Waals surface area contributed by atoms with Gasteiger partial charge >= 0.3 is 5.69 Å². The van der Waals surface area contributed by atoms with Crippen molar-refractivity contribution in [3.05, 3.63) is 27.8 Å². The summed E-state index contributed by atoms with van der Waals surface area (Å²) in [7, 11) is -2.14. The molecule has 2 aliphatic rings. The lowest BCUT2D eigenvalue weighted by atomic mass is 9.99. The molecule has 10 nitrogen and oxygen atoms in total. The second kappa shape index (κ2) is 7.69. The van der Waals surface area contributed by atoms with Crippen LogP contribution in [0.1, 0.15) is 54.9 Å². The van der Waals surface area contributed by atoms with Crippen LogP contribution in [0, 0.1) is 13.8 Å². The Morgan fingerprint density at radius 2 is 2.00 bits per heavy atom. The van der Waals surface area contributed by atoms with Crippen molar-refractivity contribution in [2.75, 3.05) is 26.8 Å². The fourth-order valence-corrected chi connectivity index (χ4v) is 5.87. The third-order valence-electron chi connectivity index (χ3n) is 5.63. The van der Waals surface area contributed by atoms with Crippen molar-refractivity contribution in [2.45, 2.75) is 62.9 Å². The van der Waals surface area contributed by atoms with Crippen molar-refractivity contribution >= 4 is 10.0 Å². The van der Waals surface area contributed by atoms with Gasteiger partial charge in [-0.3, -0.25) is 4.57 Å². The molecule has 1 aliphatic carbocycles. The van der Waals surface area contributed by atoms with Gasteiger partial charge in [0.2, 0.25) is 10.0 Å². The Balaban J connectivity index is 1.65. The summed E-state index contributed by atoms with van der Waals surface area (Å²) < 4.78 is 41.3. The molecule has 11 heteroatoms. The molecule has 160 valence electrons. The normalized spacial score (nSPS) is 21.0. The molecular formula is C18H27N5O5S. The molecule has 29 heavy (non-hydrogen) atoms. The van der Waals surface area contributed by atoms with Crippen molar-refractivity contribution in [3.8, 4) is 0 Å². The first-order valence-corrected chi connectivity index (χ1v) is 11.4. The van der Waals surface area contributed by atoms with E-state index in [0.717, 1.165) is 19.3 Å². The molecule has 2 fully saturated rings. The van der Waals surface area contributed by atoms with Gasteiger partial charge in [-0.05, 0) is 39.5 Å². The molecule has 1 saturated carbocycles. The summed E-state index contributed by atoms with van der Waals surface area (Å²) in [4.78, 5) is 13.0. The van der Waals surface area contributed by atoms with Crippen LogP contribution < -0.4 is 5.69 Å². The van der Waals surface area contributed by atoms with Crippen LogP contribution in [-0.4, -0.2) is 59.0 Å². The van der Waals surface area contributed by atoms with Crippen LogP contribution in [0.25, 0.3) is 0 Å². The van der Waals surface area contributed by atoms with Crippen molar-refractivity contribution < 1.29 is 17.7 Å². The molecule has 0 aromatic carbocycles. The number of aryl methyl sites for hydroxylation is 2. The van der Waals surface area contributed by atoms with Gasteiger partial charge in [-0.1, -0.05) is 5.16 Å². The van der Waals surface area contributed by atoms with Gasteiger partial charge in [0.25, 0.3) is 0 Å². The van der Waals surface area contributed by atoms with Gasteiger partial charge in [-0.2, -0.15) is 9.40 Å². The van der Waals surface area contributed by atoms with E-state index < -0.39 is 10.0 Å². The largest absolute Gasteiger partial charge is 0.383 e. The third-order valence-corrected chi connectivity index (χ3v) is 7.74. The summed E-state index contributed by atoms with van der Waals surface area (Å²) in [5.41, 5.74) is 0.230. The first-order valence-electron chi connectivity index (χ1n) is 9.95. The van der Waals surface area contributed by atoms with Crippen LogP contribution in [0.2, 0.25) is 0 Å². The lowest BCUT2D eigenvalue weighted by Crippen LogP contribution is -2.40. The zero-order chi connectivity index (χ0) is 20.8. The van der Waals surface area contributed by atoms with E-state index in [4.69, 9.17) is 9.26 Å². The summed E-state index contributed by atoms with van der Waals surface area (Å²) in [5.74, 6) is 0.853. The summed E-state index contributed by atoms with van der Waals surface area (Å²) in [5, 5.41) is 8.37. The number of nitrogens with zero attached hydrogens (tertiary/aromatic N) is 5. The maximum absolute atomic E-state index is 13.2. The van der Waals surface area contributed by atoms with E-state index in [1.165, 1.54) is 8.99 Å². The monoisotopic (exact) mass is 425 g/mol. The summed E-state index contributed by atoms with van der Waals surface area (Å²) in [6.07, 6.45) is 3.41. The molecule has 0 radical (unpaired) electrons.